The summed E-state index contributed by atoms with van der Waals surface area (Å²) in [5.74, 6) is 1.78. The Balaban J connectivity index is 1.09. The SMILES string of the molecule is CNC(=O)c1cccc(C)c1Nc1nc(Nc2ccc(O[C@]34CC5CC(C3)[C@H](N3CC[C@H](NC(C)=O)C3)C(C5)C4)cc2OC)ncc1C(F)(F)F. The van der Waals surface area contributed by atoms with Gasteiger partial charge in [-0.25, -0.2) is 4.98 Å². The number of methoxy groups -OCH3 is 1. The molecule has 1 aliphatic heterocycles. The Morgan fingerprint density at radius 1 is 1.06 bits per heavy atom. The summed E-state index contributed by atoms with van der Waals surface area (Å²) in [6, 6.07) is 11.0. The zero-order chi connectivity index (χ0) is 36.1. The molecule has 4 bridgehead atoms. The molecule has 2 unspecified atom stereocenters. The highest BCUT2D eigenvalue weighted by molar-refractivity contribution is 6.00. The van der Waals surface area contributed by atoms with Crippen LogP contribution in [0.25, 0.3) is 0 Å². The van der Waals surface area contributed by atoms with Crippen molar-refractivity contribution >= 4 is 35.0 Å². The molecular formula is C37H44F3N7O4. The van der Waals surface area contributed by atoms with Crippen LogP contribution in [0.3, 0.4) is 0 Å². The predicted octanol–water partition coefficient (Wildman–Crippen LogP) is 6.20. The number of hydrogen-bond acceptors (Lipinski definition) is 9. The number of halogens is 3. The molecule has 5 aliphatic rings. The third-order valence-electron chi connectivity index (χ3n) is 11.1. The van der Waals surface area contributed by atoms with E-state index in [-0.39, 0.29) is 34.7 Å². The van der Waals surface area contributed by atoms with Crippen molar-refractivity contribution in [1.82, 2.24) is 25.5 Å². The fourth-order valence-electron chi connectivity index (χ4n) is 9.34. The average molecular weight is 708 g/mol. The molecule has 3 atom stereocenters. The van der Waals surface area contributed by atoms with Crippen LogP contribution in [0.1, 0.15) is 66.9 Å². The standard InChI is InChI=1S/C37H44F3N7O4/c1-20-6-5-7-27(34(49)41-3)31(20)45-33-28(37(38,39)40)18-42-35(46-33)44-29-9-8-26(14-30(29)50-4)51-36-15-22-12-23(16-36)32(24(13-22)17-36)47-11-10-25(19-47)43-21(2)48/h5-9,14,18,22-25,32H,10-13,15-17,19H2,1-4H3,(H,41,49)(H,43,48)(H2,42,44,45,46)/t22?,23?,24?,25-,32-,36+/m0/s1. The number of nitrogens with one attached hydrogen (secondary N) is 4. The highest BCUT2D eigenvalue weighted by atomic mass is 19.4. The average Bonchev–Trinajstić information content (AvgIpc) is 3.52. The molecule has 5 fully saturated rings. The van der Waals surface area contributed by atoms with E-state index in [1.165, 1.54) is 33.1 Å². The van der Waals surface area contributed by atoms with Crippen LogP contribution < -0.4 is 30.7 Å². The molecule has 4 saturated carbocycles. The molecule has 1 aromatic heterocycles. The summed E-state index contributed by atoms with van der Waals surface area (Å²) >= 11 is 0. The molecule has 4 aliphatic carbocycles. The summed E-state index contributed by atoms with van der Waals surface area (Å²) < 4.78 is 54.8. The lowest BCUT2D eigenvalue weighted by Gasteiger charge is -2.61. The predicted molar refractivity (Wildman–Crippen MR) is 186 cm³/mol. The van der Waals surface area contributed by atoms with Crippen LogP contribution >= 0.6 is 0 Å². The molecule has 3 aromatic rings. The number of amides is 2. The van der Waals surface area contributed by atoms with Crippen molar-refractivity contribution in [1.29, 1.82) is 0 Å². The van der Waals surface area contributed by atoms with Crippen molar-refractivity contribution in [2.24, 2.45) is 17.8 Å². The Kier molecular flexibility index (Phi) is 9.23. The van der Waals surface area contributed by atoms with E-state index in [0.717, 1.165) is 38.8 Å². The van der Waals surface area contributed by atoms with Gasteiger partial charge in [-0.1, -0.05) is 12.1 Å². The Hall–Kier alpha value is -4.59. The molecule has 0 radical (unpaired) electrons. The van der Waals surface area contributed by atoms with E-state index in [1.54, 1.807) is 38.1 Å². The number of aryl methyl sites for hydroxylation is 1. The number of benzene rings is 2. The fraction of sp³-hybridized carbons (Fsp3) is 0.514. The zero-order valence-electron chi connectivity index (χ0n) is 29.2. The summed E-state index contributed by atoms with van der Waals surface area (Å²) in [7, 11) is 2.97. The summed E-state index contributed by atoms with van der Waals surface area (Å²) in [4.78, 5) is 35.0. The number of likely N-dealkylation sites (tertiary alicyclic amines) is 1. The van der Waals surface area contributed by atoms with Crippen LogP contribution in [0.15, 0.2) is 42.6 Å². The van der Waals surface area contributed by atoms with Crippen molar-refractivity contribution < 1.29 is 32.2 Å². The quantitative estimate of drug-likeness (QED) is 0.195. The lowest BCUT2D eigenvalue weighted by Crippen LogP contribution is -2.63. The van der Waals surface area contributed by atoms with E-state index in [0.29, 0.717) is 52.7 Å². The Bertz CT molecular complexity index is 1810. The highest BCUT2D eigenvalue weighted by Gasteiger charge is 2.58. The van der Waals surface area contributed by atoms with Crippen molar-refractivity contribution in [3.8, 4) is 11.5 Å². The Labute approximate surface area is 295 Å². The summed E-state index contributed by atoms with van der Waals surface area (Å²) in [5.41, 5.74) is 0.0599. The number of nitrogens with zero attached hydrogens (tertiary/aromatic N) is 3. The second-order valence-electron chi connectivity index (χ2n) is 14.6. The summed E-state index contributed by atoms with van der Waals surface area (Å²) in [5, 5.41) is 11.4. The molecule has 2 amide bonds. The molecule has 8 rings (SSSR count). The van der Waals surface area contributed by atoms with Gasteiger partial charge in [-0.05, 0) is 87.0 Å². The molecule has 4 N–H and O–H groups in total. The number of anilines is 4. The number of aromatic nitrogens is 2. The zero-order valence-corrected chi connectivity index (χ0v) is 29.2. The first-order valence-electron chi connectivity index (χ1n) is 17.5. The van der Waals surface area contributed by atoms with Crippen molar-refractivity contribution in [2.45, 2.75) is 76.2 Å². The van der Waals surface area contributed by atoms with E-state index >= 15 is 0 Å². The van der Waals surface area contributed by atoms with E-state index in [4.69, 9.17) is 9.47 Å². The number of para-hydroxylation sites is 1. The largest absolute Gasteiger partial charge is 0.494 e. The molecule has 14 heteroatoms. The Morgan fingerprint density at radius 3 is 2.51 bits per heavy atom. The van der Waals surface area contributed by atoms with Crippen LogP contribution in [0.2, 0.25) is 0 Å². The third kappa shape index (κ3) is 7.02. The normalized spacial score (nSPS) is 26.8. The minimum absolute atomic E-state index is 0.0281. The molecule has 11 nitrogen and oxygen atoms in total. The van der Waals surface area contributed by atoms with Gasteiger partial charge < -0.3 is 30.7 Å². The summed E-state index contributed by atoms with van der Waals surface area (Å²) in [6.07, 6.45) is 2.33. The number of ether oxygens (including phenoxy) is 2. The van der Waals surface area contributed by atoms with Gasteiger partial charge in [0.1, 0.15) is 28.5 Å². The van der Waals surface area contributed by atoms with Gasteiger partial charge in [0.25, 0.3) is 5.91 Å². The summed E-state index contributed by atoms with van der Waals surface area (Å²) in [6.45, 7) is 5.19. The monoisotopic (exact) mass is 707 g/mol. The lowest BCUT2D eigenvalue weighted by atomic mass is 9.52. The molecule has 2 aromatic carbocycles. The molecule has 1 saturated heterocycles. The van der Waals surface area contributed by atoms with E-state index in [2.05, 4.69) is 36.1 Å². The van der Waals surface area contributed by atoms with Crippen LogP contribution in [-0.4, -0.2) is 71.6 Å². The maximum absolute atomic E-state index is 14.1. The third-order valence-corrected chi connectivity index (χ3v) is 11.1. The van der Waals surface area contributed by atoms with Crippen LogP contribution in [0.5, 0.6) is 11.5 Å². The topological polar surface area (TPSA) is 130 Å². The van der Waals surface area contributed by atoms with Crippen LogP contribution in [0, 0.1) is 24.7 Å². The second kappa shape index (κ2) is 13.5. The van der Waals surface area contributed by atoms with E-state index in [9.17, 15) is 22.8 Å². The maximum atomic E-state index is 14.1. The number of rotatable bonds is 10. The van der Waals surface area contributed by atoms with Crippen LogP contribution in [0.4, 0.5) is 36.3 Å². The number of carbonyl (C=O) groups excluding carboxylic acids is 2. The minimum atomic E-state index is -4.76. The van der Waals surface area contributed by atoms with Gasteiger partial charge in [0.15, 0.2) is 0 Å². The first-order chi connectivity index (χ1) is 24.3. The van der Waals surface area contributed by atoms with Gasteiger partial charge >= 0.3 is 6.18 Å². The Morgan fingerprint density at radius 2 is 1.82 bits per heavy atom. The fourth-order valence-corrected chi connectivity index (χ4v) is 9.34. The van der Waals surface area contributed by atoms with Gasteiger partial charge in [-0.15, -0.1) is 0 Å². The van der Waals surface area contributed by atoms with Gasteiger partial charge in [0.05, 0.1) is 24.0 Å². The van der Waals surface area contributed by atoms with Gasteiger partial charge in [0.2, 0.25) is 11.9 Å². The maximum Gasteiger partial charge on any atom is 0.421 e. The molecule has 272 valence electrons. The van der Waals surface area contributed by atoms with Gasteiger partial charge in [-0.3, -0.25) is 14.5 Å². The lowest BCUT2D eigenvalue weighted by molar-refractivity contribution is -0.144. The van der Waals surface area contributed by atoms with Crippen LogP contribution in [-0.2, 0) is 11.0 Å². The molecule has 51 heavy (non-hydrogen) atoms. The first kappa shape index (κ1) is 34.8. The van der Waals surface area contributed by atoms with Crippen molar-refractivity contribution in [3.63, 3.8) is 0 Å². The van der Waals surface area contributed by atoms with Gasteiger partial charge in [-0.2, -0.15) is 18.2 Å². The molecule has 0 spiro atoms. The van der Waals surface area contributed by atoms with Gasteiger partial charge in [0, 0.05) is 51.4 Å². The second-order valence-corrected chi connectivity index (χ2v) is 14.6. The van der Waals surface area contributed by atoms with Crippen molar-refractivity contribution in [3.05, 3.63) is 59.3 Å². The molecule has 2 heterocycles. The van der Waals surface area contributed by atoms with E-state index in [1.807, 2.05) is 6.07 Å². The minimum Gasteiger partial charge on any atom is -0.494 e. The number of alkyl halides is 3. The number of hydrogen-bond donors (Lipinski definition) is 4. The van der Waals surface area contributed by atoms with Crippen molar-refractivity contribution in [2.75, 3.05) is 37.9 Å². The first-order valence-corrected chi connectivity index (χ1v) is 17.5. The smallest absolute Gasteiger partial charge is 0.421 e. The van der Waals surface area contributed by atoms with E-state index < -0.39 is 23.5 Å². The number of carbonyl (C=O) groups is 2. The molecular weight excluding hydrogens is 663 g/mol. The highest BCUT2D eigenvalue weighted by Crippen LogP contribution is 2.58.